The minimum absolute atomic E-state index is 0.814. The van der Waals surface area contributed by atoms with Crippen LogP contribution in [0, 0.1) is 0 Å². The number of benzene rings is 6. The Morgan fingerprint density at radius 3 is 2.02 bits per heavy atom. The van der Waals surface area contributed by atoms with Gasteiger partial charge < -0.3 is 0 Å². The summed E-state index contributed by atoms with van der Waals surface area (Å²) < 4.78 is 4.49. The summed E-state index contributed by atoms with van der Waals surface area (Å²) in [6, 6.07) is 45.1. The molecule has 0 saturated carbocycles. The van der Waals surface area contributed by atoms with Gasteiger partial charge in [-0.1, -0.05) is 91.0 Å². The molecular formula is C36H22N4. The summed E-state index contributed by atoms with van der Waals surface area (Å²) in [7, 11) is 0. The number of aromatic nitrogens is 4. The standard InChI is InChI=1S/C36H22N4/c1-2-13-26(14-3-1)39-30-17-9-8-16-28(30)35-36(39)37-22-33(38-35)40-31-19-18-23-10-6-7-15-27(23)34(31)29-20-24-11-4-5-12-25(24)21-32(29)40/h1-22H. The summed E-state index contributed by atoms with van der Waals surface area (Å²) in [5.41, 5.74) is 6.18. The van der Waals surface area contributed by atoms with Crippen LogP contribution in [0.2, 0.25) is 0 Å². The minimum atomic E-state index is 0.814. The van der Waals surface area contributed by atoms with E-state index in [1.807, 2.05) is 12.3 Å². The SMILES string of the molecule is c1ccc(-n2c3ccccc3c3nc(-n4c5cc6ccccc6cc5c5c6ccccc6ccc54)cnc32)cc1. The Hall–Kier alpha value is -5.48. The molecule has 0 N–H and O–H groups in total. The van der Waals surface area contributed by atoms with Gasteiger partial charge in [-0.05, 0) is 57.9 Å². The van der Waals surface area contributed by atoms with Crippen molar-refractivity contribution in [2.45, 2.75) is 0 Å². The third kappa shape index (κ3) is 2.90. The van der Waals surface area contributed by atoms with E-state index in [0.717, 1.165) is 44.6 Å². The van der Waals surface area contributed by atoms with Gasteiger partial charge in [-0.25, -0.2) is 9.97 Å². The van der Waals surface area contributed by atoms with Crippen molar-refractivity contribution in [3.63, 3.8) is 0 Å². The fraction of sp³-hybridized carbons (Fsp3) is 0. The molecule has 3 aromatic heterocycles. The van der Waals surface area contributed by atoms with E-state index >= 15 is 0 Å². The van der Waals surface area contributed by atoms with Crippen LogP contribution in [0.15, 0.2) is 134 Å². The molecule has 186 valence electrons. The van der Waals surface area contributed by atoms with Crippen LogP contribution in [0.1, 0.15) is 0 Å². The van der Waals surface area contributed by atoms with E-state index in [2.05, 4.69) is 130 Å². The number of nitrogens with zero attached hydrogens (tertiary/aromatic N) is 4. The normalized spacial score (nSPS) is 12.0. The molecule has 0 atom stereocenters. The van der Waals surface area contributed by atoms with Gasteiger partial charge in [0, 0.05) is 21.8 Å². The highest BCUT2D eigenvalue weighted by atomic mass is 15.1. The zero-order valence-corrected chi connectivity index (χ0v) is 21.5. The molecule has 0 bridgehead atoms. The third-order valence-corrected chi connectivity index (χ3v) is 8.12. The molecule has 3 heterocycles. The van der Waals surface area contributed by atoms with Crippen molar-refractivity contribution in [1.82, 2.24) is 19.1 Å². The van der Waals surface area contributed by atoms with E-state index < -0.39 is 0 Å². The summed E-state index contributed by atoms with van der Waals surface area (Å²) in [6.07, 6.45) is 1.92. The molecule has 6 aromatic carbocycles. The van der Waals surface area contributed by atoms with Gasteiger partial charge in [0.2, 0.25) is 0 Å². The predicted octanol–water partition coefficient (Wildman–Crippen LogP) is 8.98. The summed E-state index contributed by atoms with van der Waals surface area (Å²) >= 11 is 0. The number of fused-ring (bicyclic) bond motifs is 9. The van der Waals surface area contributed by atoms with Gasteiger partial charge in [0.05, 0.1) is 22.7 Å². The predicted molar refractivity (Wildman–Crippen MR) is 166 cm³/mol. The molecule has 9 aromatic rings. The molecule has 0 unspecified atom stereocenters. The molecule has 0 aliphatic heterocycles. The van der Waals surface area contributed by atoms with Crippen molar-refractivity contribution >= 4 is 65.4 Å². The van der Waals surface area contributed by atoms with Crippen LogP contribution in [0.3, 0.4) is 0 Å². The molecule has 0 aliphatic rings. The highest BCUT2D eigenvalue weighted by molar-refractivity contribution is 6.23. The molecule has 0 fully saturated rings. The Bertz CT molecular complexity index is 2430. The van der Waals surface area contributed by atoms with Crippen LogP contribution >= 0.6 is 0 Å². The molecule has 0 saturated heterocycles. The first-order valence-electron chi connectivity index (χ1n) is 13.5. The molecule has 40 heavy (non-hydrogen) atoms. The van der Waals surface area contributed by atoms with Crippen molar-refractivity contribution in [1.29, 1.82) is 0 Å². The maximum Gasteiger partial charge on any atom is 0.164 e. The van der Waals surface area contributed by atoms with Gasteiger partial charge in [0.15, 0.2) is 11.5 Å². The topological polar surface area (TPSA) is 35.6 Å². The molecular weight excluding hydrogens is 488 g/mol. The van der Waals surface area contributed by atoms with Crippen molar-refractivity contribution in [3.05, 3.63) is 134 Å². The lowest BCUT2D eigenvalue weighted by atomic mass is 10.0. The lowest BCUT2D eigenvalue weighted by Crippen LogP contribution is -2.00. The van der Waals surface area contributed by atoms with Crippen LogP contribution in [0.25, 0.3) is 76.9 Å². The van der Waals surface area contributed by atoms with Gasteiger partial charge in [-0.15, -0.1) is 0 Å². The molecule has 0 spiro atoms. The number of hydrogen-bond donors (Lipinski definition) is 0. The van der Waals surface area contributed by atoms with Crippen molar-refractivity contribution < 1.29 is 0 Å². The molecule has 0 radical (unpaired) electrons. The van der Waals surface area contributed by atoms with E-state index in [4.69, 9.17) is 9.97 Å². The van der Waals surface area contributed by atoms with Gasteiger partial charge in [-0.3, -0.25) is 9.13 Å². The Morgan fingerprint density at radius 2 is 1.18 bits per heavy atom. The van der Waals surface area contributed by atoms with E-state index in [1.165, 1.54) is 32.3 Å². The smallest absolute Gasteiger partial charge is 0.164 e. The second kappa shape index (κ2) is 8.01. The summed E-state index contributed by atoms with van der Waals surface area (Å²) in [6.45, 7) is 0. The zero-order chi connectivity index (χ0) is 26.2. The maximum atomic E-state index is 5.33. The Labute approximate surface area is 229 Å². The monoisotopic (exact) mass is 510 g/mol. The quantitative estimate of drug-likeness (QED) is 0.233. The van der Waals surface area contributed by atoms with E-state index in [-0.39, 0.29) is 0 Å². The van der Waals surface area contributed by atoms with Crippen LogP contribution < -0.4 is 0 Å². The number of rotatable bonds is 2. The molecule has 4 heteroatoms. The molecule has 0 aliphatic carbocycles. The Kier molecular flexibility index (Phi) is 4.30. The fourth-order valence-corrected chi connectivity index (χ4v) is 6.37. The average molecular weight is 511 g/mol. The van der Waals surface area contributed by atoms with Crippen LogP contribution in [0.5, 0.6) is 0 Å². The van der Waals surface area contributed by atoms with Crippen LogP contribution in [-0.2, 0) is 0 Å². The van der Waals surface area contributed by atoms with Gasteiger partial charge in [-0.2, -0.15) is 0 Å². The van der Waals surface area contributed by atoms with Crippen molar-refractivity contribution in [3.8, 4) is 11.5 Å². The lowest BCUT2D eigenvalue weighted by molar-refractivity contribution is 1.06. The maximum absolute atomic E-state index is 5.33. The Balaban J connectivity index is 1.43. The van der Waals surface area contributed by atoms with E-state index in [0.29, 0.717) is 0 Å². The zero-order valence-electron chi connectivity index (χ0n) is 21.5. The van der Waals surface area contributed by atoms with Crippen LogP contribution in [0.4, 0.5) is 0 Å². The number of hydrogen-bond acceptors (Lipinski definition) is 2. The fourth-order valence-electron chi connectivity index (χ4n) is 6.37. The van der Waals surface area contributed by atoms with Crippen molar-refractivity contribution in [2.24, 2.45) is 0 Å². The van der Waals surface area contributed by atoms with Gasteiger partial charge >= 0.3 is 0 Å². The van der Waals surface area contributed by atoms with Gasteiger partial charge in [0.1, 0.15) is 5.52 Å². The third-order valence-electron chi connectivity index (χ3n) is 8.12. The first-order chi connectivity index (χ1) is 19.8. The summed E-state index contributed by atoms with van der Waals surface area (Å²) in [4.78, 5) is 10.4. The Morgan fingerprint density at radius 1 is 0.475 bits per heavy atom. The van der Waals surface area contributed by atoms with Crippen molar-refractivity contribution in [2.75, 3.05) is 0 Å². The highest BCUT2D eigenvalue weighted by Crippen LogP contribution is 2.39. The van der Waals surface area contributed by atoms with Gasteiger partial charge in [0.25, 0.3) is 0 Å². The van der Waals surface area contributed by atoms with Crippen LogP contribution in [-0.4, -0.2) is 19.1 Å². The van der Waals surface area contributed by atoms with E-state index in [1.54, 1.807) is 0 Å². The molecule has 9 rings (SSSR count). The first kappa shape index (κ1) is 21.5. The first-order valence-corrected chi connectivity index (χ1v) is 13.5. The lowest BCUT2D eigenvalue weighted by Gasteiger charge is -2.09. The second-order valence-corrected chi connectivity index (χ2v) is 10.3. The largest absolute Gasteiger partial charge is 0.293 e. The summed E-state index contributed by atoms with van der Waals surface area (Å²) in [5.74, 6) is 0.814. The second-order valence-electron chi connectivity index (χ2n) is 10.3. The summed E-state index contributed by atoms with van der Waals surface area (Å²) in [5, 5.41) is 8.47. The molecule has 4 nitrogen and oxygen atoms in total. The average Bonchev–Trinajstić information content (AvgIpc) is 3.52. The molecule has 0 amide bonds. The minimum Gasteiger partial charge on any atom is -0.293 e. The number of para-hydroxylation sites is 2. The highest BCUT2D eigenvalue weighted by Gasteiger charge is 2.19. The van der Waals surface area contributed by atoms with E-state index in [9.17, 15) is 0 Å².